The first-order valence-electron chi connectivity index (χ1n) is 5.35. The largest absolute Gasteiger partial charge is 0.496 e. The molecule has 3 nitrogen and oxygen atoms in total. The predicted octanol–water partition coefficient (Wildman–Crippen LogP) is 2.45. The van der Waals surface area contributed by atoms with E-state index in [-0.39, 0.29) is 12.0 Å². The topological polar surface area (TPSA) is 45.2 Å². The minimum absolute atomic E-state index is 0.0928. The van der Waals surface area contributed by atoms with E-state index in [0.717, 1.165) is 22.2 Å². The summed E-state index contributed by atoms with van der Waals surface area (Å²) in [6.45, 7) is 4.09. The van der Waals surface area contributed by atoms with Crippen LogP contribution in [0, 0.1) is 0 Å². The van der Waals surface area contributed by atoms with Crippen LogP contribution in [0.3, 0.4) is 0 Å². The van der Waals surface area contributed by atoms with E-state index in [9.17, 15) is 5.11 Å². The van der Waals surface area contributed by atoms with E-state index in [2.05, 4.69) is 4.98 Å². The van der Waals surface area contributed by atoms with Crippen molar-refractivity contribution >= 4 is 10.9 Å². The first-order valence-corrected chi connectivity index (χ1v) is 5.35. The molecule has 1 heterocycles. The second-order valence-electron chi connectivity index (χ2n) is 4.66. The van der Waals surface area contributed by atoms with E-state index < -0.39 is 0 Å². The number of H-pyrrole nitrogens is 1. The number of aliphatic hydroxyl groups is 1. The Morgan fingerprint density at radius 3 is 2.75 bits per heavy atom. The molecular formula is C13H17NO2. The minimum atomic E-state index is -0.301. The molecule has 0 saturated carbocycles. The van der Waals surface area contributed by atoms with Crippen molar-refractivity contribution < 1.29 is 9.84 Å². The molecular weight excluding hydrogens is 202 g/mol. The maximum Gasteiger partial charge on any atom is 0.123 e. The number of ether oxygens (including phenoxy) is 1. The maximum atomic E-state index is 9.42. The van der Waals surface area contributed by atoms with Crippen molar-refractivity contribution in [1.29, 1.82) is 0 Å². The van der Waals surface area contributed by atoms with E-state index >= 15 is 0 Å². The van der Waals surface area contributed by atoms with Gasteiger partial charge < -0.3 is 14.8 Å². The van der Waals surface area contributed by atoms with Crippen LogP contribution in [0.1, 0.15) is 19.4 Å². The molecule has 3 heteroatoms. The highest BCUT2D eigenvalue weighted by atomic mass is 16.5. The van der Waals surface area contributed by atoms with Gasteiger partial charge in [-0.25, -0.2) is 0 Å². The number of aliphatic hydroxyl groups excluding tert-OH is 1. The molecule has 0 unspecified atom stereocenters. The minimum Gasteiger partial charge on any atom is -0.496 e. The van der Waals surface area contributed by atoms with Gasteiger partial charge in [0.05, 0.1) is 13.7 Å². The summed E-state index contributed by atoms with van der Waals surface area (Å²) < 4.78 is 5.39. The molecule has 0 aliphatic heterocycles. The Morgan fingerprint density at radius 1 is 1.38 bits per heavy atom. The third-order valence-electron chi connectivity index (χ3n) is 3.00. The van der Waals surface area contributed by atoms with Crippen molar-refractivity contribution in [2.24, 2.45) is 0 Å². The van der Waals surface area contributed by atoms with Crippen LogP contribution in [0.2, 0.25) is 0 Å². The predicted molar refractivity (Wildman–Crippen MR) is 65.0 cm³/mol. The Bertz CT molecular complexity index is 500. The number of aromatic amines is 1. The van der Waals surface area contributed by atoms with E-state index in [4.69, 9.17) is 4.74 Å². The molecule has 0 spiro atoms. The van der Waals surface area contributed by atoms with Crippen LogP contribution in [0.15, 0.2) is 24.4 Å². The van der Waals surface area contributed by atoms with Crippen molar-refractivity contribution in [3.05, 3.63) is 30.0 Å². The van der Waals surface area contributed by atoms with Crippen LogP contribution in [0.25, 0.3) is 10.9 Å². The molecule has 0 bridgehead atoms. The normalized spacial score (nSPS) is 12.0. The Hall–Kier alpha value is -1.48. The molecule has 1 aromatic heterocycles. The molecule has 0 atom stereocenters. The average Bonchev–Trinajstić information content (AvgIpc) is 2.74. The molecule has 0 radical (unpaired) electrons. The van der Waals surface area contributed by atoms with Gasteiger partial charge in [0.2, 0.25) is 0 Å². The summed E-state index contributed by atoms with van der Waals surface area (Å²) in [5.74, 6) is 0.825. The average molecular weight is 219 g/mol. The summed E-state index contributed by atoms with van der Waals surface area (Å²) >= 11 is 0. The standard InChI is InChI=1S/C13H17NO2/c1-13(2,8-15)10-7-11-9(4-5-14-11)6-12(10)16-3/h4-7,14-15H,8H2,1-3H3. The summed E-state index contributed by atoms with van der Waals surface area (Å²) in [5.41, 5.74) is 1.79. The summed E-state index contributed by atoms with van der Waals surface area (Å²) in [7, 11) is 1.66. The van der Waals surface area contributed by atoms with Gasteiger partial charge in [0.1, 0.15) is 5.75 Å². The molecule has 0 amide bonds. The lowest BCUT2D eigenvalue weighted by Gasteiger charge is -2.24. The second-order valence-corrected chi connectivity index (χ2v) is 4.66. The van der Waals surface area contributed by atoms with Crippen LogP contribution < -0.4 is 4.74 Å². The summed E-state index contributed by atoms with van der Waals surface area (Å²) in [6, 6.07) is 6.05. The first kappa shape index (κ1) is 11.0. The number of aromatic nitrogens is 1. The van der Waals surface area contributed by atoms with Crippen LogP contribution in [0.4, 0.5) is 0 Å². The van der Waals surface area contributed by atoms with Crippen molar-refractivity contribution in [3.8, 4) is 5.75 Å². The van der Waals surface area contributed by atoms with Gasteiger partial charge in [0, 0.05) is 28.1 Å². The second kappa shape index (κ2) is 3.83. The van der Waals surface area contributed by atoms with Gasteiger partial charge >= 0.3 is 0 Å². The summed E-state index contributed by atoms with van der Waals surface area (Å²) in [5, 5.41) is 10.5. The van der Waals surface area contributed by atoms with E-state index in [1.165, 1.54) is 0 Å². The van der Waals surface area contributed by atoms with Gasteiger partial charge in [-0.05, 0) is 18.2 Å². The van der Waals surface area contributed by atoms with Gasteiger partial charge in [-0.1, -0.05) is 13.8 Å². The van der Waals surface area contributed by atoms with Crippen molar-refractivity contribution in [2.75, 3.05) is 13.7 Å². The molecule has 0 aliphatic rings. The van der Waals surface area contributed by atoms with Gasteiger partial charge in [-0.3, -0.25) is 0 Å². The molecule has 0 saturated heterocycles. The molecule has 0 aliphatic carbocycles. The Labute approximate surface area is 95.1 Å². The lowest BCUT2D eigenvalue weighted by molar-refractivity contribution is 0.215. The number of fused-ring (bicyclic) bond motifs is 1. The summed E-state index contributed by atoms with van der Waals surface area (Å²) in [6.07, 6.45) is 1.90. The molecule has 0 fully saturated rings. The Morgan fingerprint density at radius 2 is 2.12 bits per heavy atom. The Balaban J connectivity index is 2.66. The number of methoxy groups -OCH3 is 1. The zero-order valence-corrected chi connectivity index (χ0v) is 9.87. The van der Waals surface area contributed by atoms with Gasteiger partial charge in [0.25, 0.3) is 0 Å². The fourth-order valence-electron chi connectivity index (χ4n) is 1.86. The zero-order valence-electron chi connectivity index (χ0n) is 9.87. The van der Waals surface area contributed by atoms with E-state index in [0.29, 0.717) is 0 Å². The quantitative estimate of drug-likeness (QED) is 0.832. The maximum absolute atomic E-state index is 9.42. The monoisotopic (exact) mass is 219 g/mol. The SMILES string of the molecule is COc1cc2cc[nH]c2cc1C(C)(C)CO. The van der Waals surface area contributed by atoms with Gasteiger partial charge in [-0.15, -0.1) is 0 Å². The third-order valence-corrected chi connectivity index (χ3v) is 3.00. The number of hydrogen-bond acceptors (Lipinski definition) is 2. The van der Waals surface area contributed by atoms with Crippen LogP contribution >= 0.6 is 0 Å². The van der Waals surface area contributed by atoms with Gasteiger partial charge in [-0.2, -0.15) is 0 Å². The molecule has 2 rings (SSSR count). The van der Waals surface area contributed by atoms with Crippen molar-refractivity contribution in [1.82, 2.24) is 4.98 Å². The van der Waals surface area contributed by atoms with Crippen molar-refractivity contribution in [3.63, 3.8) is 0 Å². The molecule has 86 valence electrons. The van der Waals surface area contributed by atoms with Crippen LogP contribution in [0.5, 0.6) is 5.75 Å². The fourth-order valence-corrected chi connectivity index (χ4v) is 1.86. The van der Waals surface area contributed by atoms with E-state index in [1.54, 1.807) is 7.11 Å². The third kappa shape index (κ3) is 1.67. The molecule has 16 heavy (non-hydrogen) atoms. The molecule has 1 aromatic carbocycles. The highest BCUT2D eigenvalue weighted by Crippen LogP contribution is 2.34. The van der Waals surface area contributed by atoms with Crippen LogP contribution in [-0.4, -0.2) is 23.8 Å². The van der Waals surface area contributed by atoms with E-state index in [1.807, 2.05) is 38.2 Å². The van der Waals surface area contributed by atoms with Crippen molar-refractivity contribution in [2.45, 2.75) is 19.3 Å². The number of rotatable bonds is 3. The Kier molecular flexibility index (Phi) is 2.64. The van der Waals surface area contributed by atoms with Crippen LogP contribution in [-0.2, 0) is 5.41 Å². The van der Waals surface area contributed by atoms with Gasteiger partial charge in [0.15, 0.2) is 0 Å². The smallest absolute Gasteiger partial charge is 0.123 e. The first-order chi connectivity index (χ1) is 7.58. The molecule has 2 N–H and O–H groups in total. The fraction of sp³-hybridized carbons (Fsp3) is 0.385. The molecule has 2 aromatic rings. The number of hydrogen-bond donors (Lipinski definition) is 2. The lowest BCUT2D eigenvalue weighted by atomic mass is 9.84. The lowest BCUT2D eigenvalue weighted by Crippen LogP contribution is -2.22. The number of nitrogens with one attached hydrogen (secondary N) is 1. The highest BCUT2D eigenvalue weighted by Gasteiger charge is 2.24. The number of benzene rings is 1. The zero-order chi connectivity index (χ0) is 11.8. The highest BCUT2D eigenvalue weighted by molar-refractivity contribution is 5.82. The summed E-state index contributed by atoms with van der Waals surface area (Å²) in [4.78, 5) is 3.17.